The van der Waals surface area contributed by atoms with E-state index < -0.39 is 124 Å². The number of hydrogen-bond donors (Lipinski definition) is 3. The number of nitrogens with one attached hydrogen (secondary N) is 1. The van der Waals surface area contributed by atoms with Gasteiger partial charge in [0.2, 0.25) is 0 Å². The van der Waals surface area contributed by atoms with Gasteiger partial charge in [0.15, 0.2) is 17.5 Å². The molecule has 5 aliphatic rings. The van der Waals surface area contributed by atoms with Gasteiger partial charge in [0.1, 0.15) is 53.2 Å². The van der Waals surface area contributed by atoms with E-state index in [9.17, 15) is 29.4 Å². The molecule has 2 saturated carbocycles. The summed E-state index contributed by atoms with van der Waals surface area (Å²) in [4.78, 5) is 58.9. The predicted octanol–water partition coefficient (Wildman–Crippen LogP) is 5.58. The van der Waals surface area contributed by atoms with Crippen LogP contribution < -0.4 is 5.32 Å². The third-order valence-corrected chi connectivity index (χ3v) is 13.6. The van der Waals surface area contributed by atoms with Gasteiger partial charge >= 0.3 is 24.0 Å². The van der Waals surface area contributed by atoms with Crippen LogP contribution in [0.2, 0.25) is 0 Å². The molecule has 2 aromatic rings. The zero-order valence-corrected chi connectivity index (χ0v) is 36.6. The van der Waals surface area contributed by atoms with Gasteiger partial charge in [0.05, 0.1) is 24.2 Å². The summed E-state index contributed by atoms with van der Waals surface area (Å²) in [5.41, 5.74) is -6.34. The van der Waals surface area contributed by atoms with Crippen LogP contribution in [-0.2, 0) is 42.7 Å². The third kappa shape index (κ3) is 7.50. The lowest BCUT2D eigenvalue weighted by Gasteiger charge is -2.68. The molecule has 4 fully saturated rings. The SMILES string of the molecule is C=CC1(C)O[C@@H]2C3=C(C)[C@@H](OC(=O)[C@H](O)[C@@H](NC(=O)OC(C)(C)C)c4ncccc4F)C[C@@](O)([C@@H](OC(=O)c4ccccc4)[C@H]4[C@@](C)(CC[C@H]5OC[C@]54OC(C)=O)[C@@H]2O1)C3(C)C. The van der Waals surface area contributed by atoms with E-state index in [1.807, 2.05) is 6.92 Å². The number of pyridine rings is 1. The molecule has 0 spiro atoms. The van der Waals surface area contributed by atoms with Crippen LogP contribution in [0.25, 0.3) is 0 Å². The lowest BCUT2D eigenvalue weighted by molar-refractivity contribution is -0.346. The highest BCUT2D eigenvalue weighted by molar-refractivity contribution is 5.89. The molecule has 1 amide bonds. The number of benzene rings is 1. The Hall–Kier alpha value is -4.74. The zero-order chi connectivity index (χ0) is 45.4. The lowest BCUT2D eigenvalue weighted by atomic mass is 9.45. The van der Waals surface area contributed by atoms with Gasteiger partial charge in [-0.05, 0) is 88.9 Å². The summed E-state index contributed by atoms with van der Waals surface area (Å²) in [6, 6.07) is 8.81. The number of halogens is 1. The highest BCUT2D eigenvalue weighted by Crippen LogP contribution is 2.67. The first-order valence-electron chi connectivity index (χ1n) is 20.9. The predicted molar refractivity (Wildman–Crippen MR) is 217 cm³/mol. The molecule has 3 heterocycles. The summed E-state index contributed by atoms with van der Waals surface area (Å²) >= 11 is 0. The van der Waals surface area contributed by atoms with Crippen LogP contribution in [0.1, 0.15) is 104 Å². The number of fused-ring (bicyclic) bond motifs is 8. The summed E-state index contributed by atoms with van der Waals surface area (Å²) in [6.45, 7) is 18.9. The number of esters is 3. The fourth-order valence-corrected chi connectivity index (χ4v) is 10.6. The Bertz CT molecular complexity index is 2160. The van der Waals surface area contributed by atoms with Gasteiger partial charge in [-0.3, -0.25) is 9.78 Å². The molecule has 62 heavy (non-hydrogen) atoms. The average Bonchev–Trinajstić information content (AvgIpc) is 3.54. The molecule has 2 saturated heterocycles. The van der Waals surface area contributed by atoms with Crippen LogP contribution in [0.3, 0.4) is 0 Å². The summed E-state index contributed by atoms with van der Waals surface area (Å²) in [5, 5.41) is 27.9. The minimum Gasteiger partial charge on any atom is -0.456 e. The monoisotopic (exact) mass is 864 g/mol. The molecule has 12 atom stereocenters. The maximum absolute atomic E-state index is 15.3. The summed E-state index contributed by atoms with van der Waals surface area (Å²) in [7, 11) is 0. The van der Waals surface area contributed by atoms with E-state index in [0.717, 1.165) is 6.07 Å². The number of rotatable bonds is 9. The maximum Gasteiger partial charge on any atom is 0.408 e. The Balaban J connectivity index is 1.39. The lowest BCUT2D eigenvalue weighted by Crippen LogP contribution is -2.79. The Morgan fingerprint density at radius 1 is 1.05 bits per heavy atom. The fraction of sp³-hybridized carbons (Fsp3) is 0.587. The van der Waals surface area contributed by atoms with Gasteiger partial charge in [0.25, 0.3) is 0 Å². The van der Waals surface area contributed by atoms with Crippen molar-refractivity contribution in [3.05, 3.63) is 89.5 Å². The summed E-state index contributed by atoms with van der Waals surface area (Å²) < 4.78 is 59.5. The number of hydrogen-bond acceptors (Lipinski definition) is 14. The number of ether oxygens (including phenoxy) is 7. The number of alkyl carbamates (subject to hydrolysis) is 1. The first-order chi connectivity index (χ1) is 28.9. The quantitative estimate of drug-likeness (QED) is 0.160. The van der Waals surface area contributed by atoms with Crippen LogP contribution in [-0.4, -0.2) is 105 Å². The van der Waals surface area contributed by atoms with E-state index in [4.69, 9.17) is 33.2 Å². The van der Waals surface area contributed by atoms with E-state index in [-0.39, 0.29) is 12.2 Å². The van der Waals surface area contributed by atoms with Crippen LogP contribution in [0, 0.1) is 22.6 Å². The van der Waals surface area contributed by atoms with E-state index >= 15 is 4.39 Å². The molecule has 15 nitrogen and oxygen atoms in total. The normalized spacial score (nSPS) is 35.5. The third-order valence-electron chi connectivity index (χ3n) is 13.6. The average molecular weight is 865 g/mol. The van der Waals surface area contributed by atoms with Crippen LogP contribution in [0.15, 0.2) is 72.5 Å². The molecular formula is C46H57FN2O13. The van der Waals surface area contributed by atoms with Gasteiger partial charge in [-0.25, -0.2) is 18.8 Å². The van der Waals surface area contributed by atoms with E-state index in [1.54, 1.807) is 78.8 Å². The van der Waals surface area contributed by atoms with Crippen molar-refractivity contribution in [2.75, 3.05) is 6.61 Å². The van der Waals surface area contributed by atoms with Gasteiger partial charge in [0, 0.05) is 30.4 Å². The highest BCUT2D eigenvalue weighted by atomic mass is 19.1. The summed E-state index contributed by atoms with van der Waals surface area (Å²) in [5.74, 6) is -6.01. The van der Waals surface area contributed by atoms with E-state index in [0.29, 0.717) is 24.0 Å². The molecule has 336 valence electrons. The smallest absolute Gasteiger partial charge is 0.408 e. The molecule has 1 aromatic heterocycles. The van der Waals surface area contributed by atoms with E-state index in [2.05, 4.69) is 16.9 Å². The van der Waals surface area contributed by atoms with Crippen molar-refractivity contribution >= 4 is 24.0 Å². The number of carbonyl (C=O) groups is 4. The molecule has 7 rings (SSSR count). The van der Waals surface area contributed by atoms with Gasteiger partial charge in [-0.1, -0.05) is 45.5 Å². The number of carbonyl (C=O) groups excluding carboxylic acids is 4. The molecular weight excluding hydrogens is 808 g/mol. The second-order valence-electron chi connectivity index (χ2n) is 19.1. The van der Waals surface area contributed by atoms with Gasteiger partial charge in [-0.15, -0.1) is 0 Å². The van der Waals surface area contributed by atoms with Gasteiger partial charge < -0.3 is 48.7 Å². The number of aromatic nitrogens is 1. The van der Waals surface area contributed by atoms with Crippen LogP contribution in [0.5, 0.6) is 0 Å². The minimum absolute atomic E-state index is 0.0766. The maximum atomic E-state index is 15.3. The van der Waals surface area contributed by atoms with Crippen LogP contribution >= 0.6 is 0 Å². The number of aliphatic hydroxyl groups excluding tert-OH is 1. The molecule has 1 aromatic carbocycles. The summed E-state index contributed by atoms with van der Waals surface area (Å²) in [6.07, 6.45) is -5.43. The minimum atomic E-state index is -2.25. The van der Waals surface area contributed by atoms with Crippen molar-refractivity contribution < 1.29 is 66.9 Å². The Labute approximate surface area is 360 Å². The molecule has 3 N–H and O–H groups in total. The van der Waals surface area contributed by atoms with Crippen molar-refractivity contribution in [1.82, 2.24) is 10.3 Å². The number of aliphatic hydroxyl groups is 2. The molecule has 0 radical (unpaired) electrons. The first kappa shape index (κ1) is 45.3. The Kier molecular flexibility index (Phi) is 11.5. The fourth-order valence-electron chi connectivity index (χ4n) is 10.6. The van der Waals surface area contributed by atoms with Crippen molar-refractivity contribution in [2.24, 2.45) is 16.7 Å². The van der Waals surface area contributed by atoms with Gasteiger partial charge in [-0.2, -0.15) is 0 Å². The number of nitrogens with zero attached hydrogens (tertiary/aromatic N) is 1. The highest BCUT2D eigenvalue weighted by Gasteiger charge is 2.77. The van der Waals surface area contributed by atoms with E-state index in [1.165, 1.54) is 25.3 Å². The molecule has 1 unspecified atom stereocenters. The van der Waals surface area contributed by atoms with Crippen molar-refractivity contribution in [3.8, 4) is 0 Å². The zero-order valence-electron chi connectivity index (χ0n) is 36.6. The molecule has 16 heteroatoms. The Morgan fingerprint density at radius 3 is 2.34 bits per heavy atom. The number of amides is 1. The van der Waals surface area contributed by atoms with Crippen molar-refractivity contribution in [3.63, 3.8) is 0 Å². The Morgan fingerprint density at radius 2 is 1.74 bits per heavy atom. The second-order valence-corrected chi connectivity index (χ2v) is 19.1. The van der Waals surface area contributed by atoms with Crippen molar-refractivity contribution in [1.29, 1.82) is 0 Å². The topological polar surface area (TPSA) is 198 Å². The first-order valence-corrected chi connectivity index (χ1v) is 20.9. The molecule has 2 bridgehead atoms. The molecule has 3 aliphatic carbocycles. The second kappa shape index (κ2) is 15.8. The van der Waals surface area contributed by atoms with Crippen molar-refractivity contribution in [2.45, 2.75) is 147 Å². The van der Waals surface area contributed by atoms with Crippen LogP contribution in [0.4, 0.5) is 9.18 Å². The largest absolute Gasteiger partial charge is 0.456 e. The standard InChI is InChI=1S/C46H57FN2O13/c1-11-44(10)60-34-30-24(2)28(57-39(53)33(51)32(31-27(47)18-15-21-48-31)49-40(54)62-41(4,5)6)22-46(55,42(30,7)8)37(58-38(52)26-16-13-12-14-17-26)35-43(9,36(34)61-44)20-19-29-45(35,23-56-29)59-25(3)50/h11-18,21,28-29,32-37,51,55H,1,19-20,22-23H2,2-10H3,(H,49,54)/t28-,29+,32-,33+,34+,35-,36+,37-,43+,44?,45-,46+/m0/s1. The molecule has 2 aliphatic heterocycles.